The number of likely N-dealkylation sites (tertiary alicyclic amines) is 1. The van der Waals surface area contributed by atoms with E-state index in [9.17, 15) is 9.59 Å². The van der Waals surface area contributed by atoms with Crippen LogP contribution in [-0.4, -0.2) is 43.0 Å². The van der Waals surface area contributed by atoms with Crippen molar-refractivity contribution >= 4 is 11.9 Å². The van der Waals surface area contributed by atoms with Gasteiger partial charge in [0.25, 0.3) is 0 Å². The van der Waals surface area contributed by atoms with Crippen LogP contribution < -0.4 is 5.73 Å². The van der Waals surface area contributed by atoms with E-state index in [1.807, 2.05) is 0 Å². The highest BCUT2D eigenvalue weighted by molar-refractivity contribution is 5.87. The standard InChI is InChI=1S/C7H12N2O3/c1-12-6(10)4-9-3-2-5(8)7(9)11/h5H,2-4,8H2,1H3/t5-/m1/s1. The fourth-order valence-corrected chi connectivity index (χ4v) is 1.14. The maximum Gasteiger partial charge on any atom is 0.325 e. The maximum absolute atomic E-state index is 11.1. The lowest BCUT2D eigenvalue weighted by Crippen LogP contribution is -2.37. The molecule has 1 aliphatic rings. The van der Waals surface area contributed by atoms with Crippen LogP contribution in [0.25, 0.3) is 0 Å². The summed E-state index contributed by atoms with van der Waals surface area (Å²) in [5.41, 5.74) is 5.44. The van der Waals surface area contributed by atoms with E-state index in [0.717, 1.165) is 0 Å². The summed E-state index contributed by atoms with van der Waals surface area (Å²) in [6, 6.07) is -0.436. The predicted octanol–water partition coefficient (Wildman–Crippen LogP) is -1.28. The second-order valence-corrected chi connectivity index (χ2v) is 2.73. The van der Waals surface area contributed by atoms with Gasteiger partial charge in [-0.3, -0.25) is 9.59 Å². The van der Waals surface area contributed by atoms with Crippen molar-refractivity contribution in [2.45, 2.75) is 12.5 Å². The van der Waals surface area contributed by atoms with Crippen molar-refractivity contribution < 1.29 is 14.3 Å². The number of hydrogen-bond donors (Lipinski definition) is 1. The molecule has 0 aromatic rings. The summed E-state index contributed by atoms with van der Waals surface area (Å²) in [4.78, 5) is 23.3. The highest BCUT2D eigenvalue weighted by atomic mass is 16.5. The van der Waals surface area contributed by atoms with Crippen molar-refractivity contribution in [3.8, 4) is 0 Å². The van der Waals surface area contributed by atoms with Gasteiger partial charge in [-0.25, -0.2) is 0 Å². The Morgan fingerprint density at radius 3 is 2.92 bits per heavy atom. The summed E-state index contributed by atoms with van der Waals surface area (Å²) in [6.07, 6.45) is 0.621. The Kier molecular flexibility index (Phi) is 2.65. The molecular weight excluding hydrogens is 160 g/mol. The van der Waals surface area contributed by atoms with Gasteiger partial charge in [0.1, 0.15) is 6.54 Å². The average Bonchev–Trinajstić information content (AvgIpc) is 2.36. The lowest BCUT2D eigenvalue weighted by atomic mass is 10.3. The van der Waals surface area contributed by atoms with Gasteiger partial charge in [0, 0.05) is 6.54 Å². The number of nitrogens with zero attached hydrogens (tertiary/aromatic N) is 1. The third-order valence-electron chi connectivity index (χ3n) is 1.89. The molecule has 0 unspecified atom stereocenters. The first-order valence-electron chi connectivity index (χ1n) is 3.76. The van der Waals surface area contributed by atoms with Crippen molar-refractivity contribution in [3.63, 3.8) is 0 Å². The summed E-state index contributed by atoms with van der Waals surface area (Å²) >= 11 is 0. The van der Waals surface area contributed by atoms with E-state index in [1.54, 1.807) is 0 Å². The van der Waals surface area contributed by atoms with E-state index >= 15 is 0 Å². The Bertz CT molecular complexity index is 205. The molecule has 0 saturated carbocycles. The van der Waals surface area contributed by atoms with E-state index < -0.39 is 12.0 Å². The molecule has 1 heterocycles. The van der Waals surface area contributed by atoms with Gasteiger partial charge in [-0.05, 0) is 6.42 Å². The second kappa shape index (κ2) is 3.53. The largest absolute Gasteiger partial charge is 0.468 e. The molecule has 2 N–H and O–H groups in total. The number of esters is 1. The van der Waals surface area contributed by atoms with Gasteiger partial charge < -0.3 is 15.4 Å². The van der Waals surface area contributed by atoms with Crippen LogP contribution in [0.1, 0.15) is 6.42 Å². The number of rotatable bonds is 2. The molecule has 5 nitrogen and oxygen atoms in total. The molecule has 1 aliphatic heterocycles. The minimum Gasteiger partial charge on any atom is -0.468 e. The molecule has 12 heavy (non-hydrogen) atoms. The third kappa shape index (κ3) is 1.73. The number of methoxy groups -OCH3 is 1. The van der Waals surface area contributed by atoms with Crippen molar-refractivity contribution in [2.75, 3.05) is 20.2 Å². The van der Waals surface area contributed by atoms with Crippen molar-refractivity contribution in [3.05, 3.63) is 0 Å². The monoisotopic (exact) mass is 172 g/mol. The van der Waals surface area contributed by atoms with E-state index in [1.165, 1.54) is 12.0 Å². The number of carbonyl (C=O) groups is 2. The predicted molar refractivity (Wildman–Crippen MR) is 41.2 cm³/mol. The first-order chi connectivity index (χ1) is 5.65. The van der Waals surface area contributed by atoms with Crippen LogP contribution in [-0.2, 0) is 14.3 Å². The zero-order valence-electron chi connectivity index (χ0n) is 6.95. The topological polar surface area (TPSA) is 72.6 Å². The molecule has 0 aliphatic carbocycles. The van der Waals surface area contributed by atoms with Crippen molar-refractivity contribution in [1.29, 1.82) is 0 Å². The summed E-state index contributed by atoms with van der Waals surface area (Å²) < 4.78 is 4.42. The number of hydrogen-bond acceptors (Lipinski definition) is 4. The minimum absolute atomic E-state index is 0.0169. The SMILES string of the molecule is COC(=O)CN1CC[C@@H](N)C1=O. The number of ether oxygens (including phenoxy) is 1. The minimum atomic E-state index is -0.436. The zero-order valence-corrected chi connectivity index (χ0v) is 6.95. The molecule has 5 heteroatoms. The van der Waals surface area contributed by atoms with Gasteiger partial charge in [0.2, 0.25) is 5.91 Å². The number of carbonyl (C=O) groups excluding carboxylic acids is 2. The molecule has 0 aromatic heterocycles. The third-order valence-corrected chi connectivity index (χ3v) is 1.89. The van der Waals surface area contributed by atoms with Crippen molar-refractivity contribution in [1.82, 2.24) is 4.90 Å². The Morgan fingerprint density at radius 2 is 2.50 bits per heavy atom. The molecule has 1 rings (SSSR count). The van der Waals surface area contributed by atoms with Crippen LogP contribution in [0.4, 0.5) is 0 Å². The van der Waals surface area contributed by atoms with Gasteiger partial charge in [-0.1, -0.05) is 0 Å². The van der Waals surface area contributed by atoms with E-state index in [0.29, 0.717) is 13.0 Å². The quantitative estimate of drug-likeness (QED) is 0.526. The molecular formula is C7H12N2O3. The molecule has 68 valence electrons. The summed E-state index contributed by atoms with van der Waals surface area (Å²) in [5.74, 6) is -0.571. The Hall–Kier alpha value is -1.10. The maximum atomic E-state index is 11.1. The van der Waals surface area contributed by atoms with Gasteiger partial charge in [-0.15, -0.1) is 0 Å². The lowest BCUT2D eigenvalue weighted by Gasteiger charge is -2.13. The highest BCUT2D eigenvalue weighted by Gasteiger charge is 2.29. The molecule has 1 fully saturated rings. The van der Waals surface area contributed by atoms with Crippen LogP contribution in [0.5, 0.6) is 0 Å². The number of amides is 1. The van der Waals surface area contributed by atoms with Crippen LogP contribution in [0.2, 0.25) is 0 Å². The lowest BCUT2D eigenvalue weighted by molar-refractivity contribution is -0.145. The van der Waals surface area contributed by atoms with Crippen LogP contribution in [0.15, 0.2) is 0 Å². The van der Waals surface area contributed by atoms with Crippen LogP contribution in [0.3, 0.4) is 0 Å². The summed E-state index contributed by atoms with van der Waals surface area (Å²) in [5, 5.41) is 0. The molecule has 0 spiro atoms. The van der Waals surface area contributed by atoms with Gasteiger partial charge >= 0.3 is 5.97 Å². The van der Waals surface area contributed by atoms with E-state index in [2.05, 4.69) is 4.74 Å². The molecule has 1 saturated heterocycles. The van der Waals surface area contributed by atoms with Crippen molar-refractivity contribution in [2.24, 2.45) is 5.73 Å². The summed E-state index contributed by atoms with van der Waals surface area (Å²) in [6.45, 7) is 0.568. The van der Waals surface area contributed by atoms with Gasteiger partial charge in [0.05, 0.1) is 13.2 Å². The molecule has 1 atom stereocenters. The van der Waals surface area contributed by atoms with Crippen LogP contribution in [0, 0.1) is 0 Å². The normalized spacial score (nSPS) is 23.0. The summed E-state index contributed by atoms with van der Waals surface area (Å²) in [7, 11) is 1.29. The second-order valence-electron chi connectivity index (χ2n) is 2.73. The molecule has 1 amide bonds. The fourth-order valence-electron chi connectivity index (χ4n) is 1.14. The first-order valence-corrected chi connectivity index (χ1v) is 3.76. The molecule has 0 bridgehead atoms. The van der Waals surface area contributed by atoms with Gasteiger partial charge in [-0.2, -0.15) is 0 Å². The number of nitrogens with two attached hydrogens (primary N) is 1. The highest BCUT2D eigenvalue weighted by Crippen LogP contribution is 2.08. The first kappa shape index (κ1) is 8.99. The fraction of sp³-hybridized carbons (Fsp3) is 0.714. The van der Waals surface area contributed by atoms with E-state index in [4.69, 9.17) is 5.73 Å². The van der Waals surface area contributed by atoms with Gasteiger partial charge in [0.15, 0.2) is 0 Å². The van der Waals surface area contributed by atoms with E-state index in [-0.39, 0.29) is 12.5 Å². The average molecular weight is 172 g/mol. The van der Waals surface area contributed by atoms with Crippen LogP contribution >= 0.6 is 0 Å². The smallest absolute Gasteiger partial charge is 0.325 e. The molecule has 0 radical (unpaired) electrons. The molecule has 0 aromatic carbocycles. The zero-order chi connectivity index (χ0) is 9.14. The Morgan fingerprint density at radius 1 is 1.83 bits per heavy atom. The Labute approximate surface area is 70.5 Å². The Balaban J connectivity index is 2.44.